The zero-order valence-electron chi connectivity index (χ0n) is 48.7. The summed E-state index contributed by atoms with van der Waals surface area (Å²) in [6.07, 6.45) is 32.2. The molecule has 0 aromatic heterocycles. The third kappa shape index (κ3) is 13.2. The maximum absolute atomic E-state index is 2.48. The Labute approximate surface area is 482 Å². The van der Waals surface area contributed by atoms with E-state index >= 15 is 0 Å². The van der Waals surface area contributed by atoms with Crippen molar-refractivity contribution in [3.8, 4) is 22.3 Å². The molecule has 0 amide bonds. The Morgan fingerprint density at radius 1 is 0.300 bits per heavy atom. The van der Waals surface area contributed by atoms with Crippen molar-refractivity contribution < 1.29 is 0 Å². The lowest BCUT2D eigenvalue weighted by Crippen LogP contribution is -2.30. The third-order valence-corrected chi connectivity index (χ3v) is 19.0. The normalized spacial score (nSPS) is 15.9. The van der Waals surface area contributed by atoms with Crippen molar-refractivity contribution >= 4 is 34.1 Å². The van der Waals surface area contributed by atoms with Gasteiger partial charge < -0.3 is 9.80 Å². The lowest BCUT2D eigenvalue weighted by Gasteiger charge is -2.39. The van der Waals surface area contributed by atoms with Crippen molar-refractivity contribution in [3.05, 3.63) is 228 Å². The van der Waals surface area contributed by atoms with Crippen LogP contribution in [0.5, 0.6) is 0 Å². The van der Waals surface area contributed by atoms with E-state index in [1.54, 1.807) is 0 Å². The summed E-state index contributed by atoms with van der Waals surface area (Å²) in [6.45, 7) is 4.58. The zero-order chi connectivity index (χ0) is 54.4. The predicted molar refractivity (Wildman–Crippen MR) is 344 cm³/mol. The quantitative estimate of drug-likeness (QED) is 0.0624. The minimum Gasteiger partial charge on any atom is -0.311 e. The maximum atomic E-state index is 2.48. The van der Waals surface area contributed by atoms with Crippen molar-refractivity contribution in [1.82, 2.24) is 0 Å². The second-order valence-electron chi connectivity index (χ2n) is 24.4. The van der Waals surface area contributed by atoms with E-state index in [0.29, 0.717) is 11.8 Å². The van der Waals surface area contributed by atoms with Crippen molar-refractivity contribution in [2.45, 2.75) is 192 Å². The van der Waals surface area contributed by atoms with E-state index in [4.69, 9.17) is 0 Å². The molecule has 0 bridgehead atoms. The maximum Gasteiger partial charge on any atom is 0.0462 e. The molecule has 0 atom stereocenters. The molecule has 3 aliphatic carbocycles. The molecule has 3 aliphatic rings. The van der Waals surface area contributed by atoms with Crippen molar-refractivity contribution in [2.75, 3.05) is 9.80 Å². The smallest absolute Gasteiger partial charge is 0.0462 e. The summed E-state index contributed by atoms with van der Waals surface area (Å²) in [5, 5.41) is 0. The second-order valence-corrected chi connectivity index (χ2v) is 24.4. The molecule has 2 nitrogen and oxygen atoms in total. The Morgan fingerprint density at radius 3 is 0.912 bits per heavy atom. The number of hydrogen-bond donors (Lipinski definition) is 0. The summed E-state index contributed by atoms with van der Waals surface area (Å²) >= 11 is 0. The summed E-state index contributed by atoms with van der Waals surface area (Å²) < 4.78 is 0. The number of nitrogens with zero attached hydrogens (tertiary/aromatic N) is 2. The highest BCUT2D eigenvalue weighted by Crippen LogP contribution is 2.48. The van der Waals surface area contributed by atoms with Crippen LogP contribution in [0.25, 0.3) is 22.3 Å². The Balaban J connectivity index is 0.879. The molecule has 412 valence electrons. The van der Waals surface area contributed by atoms with Crippen LogP contribution >= 0.6 is 0 Å². The Morgan fingerprint density at radius 2 is 0.588 bits per heavy atom. The summed E-state index contributed by atoms with van der Waals surface area (Å²) in [5.41, 5.74) is 21.0. The molecule has 2 heteroatoms. The van der Waals surface area contributed by atoms with Gasteiger partial charge >= 0.3 is 0 Å². The Hall–Kier alpha value is -6.64. The van der Waals surface area contributed by atoms with Crippen LogP contribution in [-0.4, -0.2) is 0 Å². The molecule has 8 aromatic carbocycles. The topological polar surface area (TPSA) is 6.48 Å². The molecule has 3 fully saturated rings. The van der Waals surface area contributed by atoms with Gasteiger partial charge in [0.2, 0.25) is 0 Å². The van der Waals surface area contributed by atoms with Crippen LogP contribution < -0.4 is 9.80 Å². The molecule has 0 radical (unpaired) electrons. The van der Waals surface area contributed by atoms with Crippen LogP contribution in [0.3, 0.4) is 0 Å². The van der Waals surface area contributed by atoms with Gasteiger partial charge in [0.05, 0.1) is 0 Å². The van der Waals surface area contributed by atoms with Crippen LogP contribution in [0.15, 0.2) is 194 Å². The van der Waals surface area contributed by atoms with Crippen LogP contribution in [0.1, 0.15) is 207 Å². The van der Waals surface area contributed by atoms with Gasteiger partial charge in [-0.15, -0.1) is 0 Å². The molecule has 0 aliphatic heterocycles. The predicted octanol–water partition coefficient (Wildman–Crippen LogP) is 23.6. The van der Waals surface area contributed by atoms with E-state index < -0.39 is 0 Å². The second kappa shape index (κ2) is 27.2. The highest BCUT2D eigenvalue weighted by molar-refractivity contribution is 5.80. The van der Waals surface area contributed by atoms with Gasteiger partial charge in [0.1, 0.15) is 0 Å². The molecule has 0 unspecified atom stereocenters. The van der Waals surface area contributed by atoms with E-state index in [-0.39, 0.29) is 5.41 Å². The first-order chi connectivity index (χ1) is 39.5. The SMILES string of the molecule is CCCCCCc1ccc(-c2ccc(N(c3ccc(C4CCCCC4)cc3)c3ccc(C4(c5ccc(N(c6ccc(-c7ccc(CCCCCC)cc7)cc6)c6ccc(C7CCCCC7)cc6)cc5)CCCCC4)cc3)cc2)cc1. The minimum atomic E-state index is -0.0479. The first kappa shape index (κ1) is 55.3. The van der Waals surface area contributed by atoms with Gasteiger partial charge in [-0.25, -0.2) is 0 Å². The first-order valence-corrected chi connectivity index (χ1v) is 32.0. The number of rotatable bonds is 22. The van der Waals surface area contributed by atoms with E-state index in [0.717, 1.165) is 12.8 Å². The summed E-state index contributed by atoms with van der Waals surface area (Å²) in [5.74, 6) is 1.36. The lowest BCUT2D eigenvalue weighted by atomic mass is 9.65. The fourth-order valence-electron chi connectivity index (χ4n) is 14.2. The fraction of sp³-hybridized carbons (Fsp3) is 0.385. The molecular formula is C78H90N2. The Bertz CT molecular complexity index is 2890. The van der Waals surface area contributed by atoms with Gasteiger partial charge in [0.25, 0.3) is 0 Å². The molecule has 8 aromatic rings. The van der Waals surface area contributed by atoms with E-state index in [1.165, 1.54) is 237 Å². The highest BCUT2D eigenvalue weighted by Gasteiger charge is 2.36. The monoisotopic (exact) mass is 1050 g/mol. The number of unbranched alkanes of at least 4 members (excludes halogenated alkanes) is 6. The molecule has 3 saturated carbocycles. The molecule has 0 heterocycles. The summed E-state index contributed by atoms with van der Waals surface area (Å²) in [4.78, 5) is 4.96. The number of hydrogen-bond acceptors (Lipinski definition) is 2. The van der Waals surface area contributed by atoms with Crippen molar-refractivity contribution in [3.63, 3.8) is 0 Å². The Kier molecular flexibility index (Phi) is 18.8. The van der Waals surface area contributed by atoms with E-state index in [1.807, 2.05) is 0 Å². The molecule has 0 spiro atoms. The minimum absolute atomic E-state index is 0.0479. The van der Waals surface area contributed by atoms with Gasteiger partial charge in [-0.1, -0.05) is 231 Å². The number of anilines is 6. The zero-order valence-corrected chi connectivity index (χ0v) is 48.7. The van der Waals surface area contributed by atoms with Gasteiger partial charge in [-0.2, -0.15) is 0 Å². The van der Waals surface area contributed by atoms with Gasteiger partial charge in [-0.3, -0.25) is 0 Å². The number of benzene rings is 8. The first-order valence-electron chi connectivity index (χ1n) is 32.0. The summed E-state index contributed by atoms with van der Waals surface area (Å²) in [7, 11) is 0. The van der Waals surface area contributed by atoms with Crippen molar-refractivity contribution in [1.29, 1.82) is 0 Å². The van der Waals surface area contributed by atoms with Crippen LogP contribution in [-0.2, 0) is 18.3 Å². The lowest BCUT2D eigenvalue weighted by molar-refractivity contribution is 0.346. The molecule has 80 heavy (non-hydrogen) atoms. The van der Waals surface area contributed by atoms with E-state index in [9.17, 15) is 0 Å². The molecule has 0 N–H and O–H groups in total. The highest BCUT2D eigenvalue weighted by atomic mass is 15.1. The van der Waals surface area contributed by atoms with Gasteiger partial charge in [-0.05, 0) is 204 Å². The standard InChI is InChI=1S/C78H90N2/c1-3-5-7-12-20-60-26-30-64(31-27-60)68-38-50-74(51-39-68)79(72-46-34-66(35-47-72)62-22-14-9-15-23-62)76-54-42-70(43-55-76)78(58-18-11-19-59-78)71-44-56-77(57-45-71)80(73-48-36-67(37-49-73)63-24-16-10-17-25-63)75-52-40-69(41-53-75)65-32-28-61(29-33-65)21-13-8-6-4-2/h26-57,62-63H,3-25,58-59H2,1-2H3. The largest absolute Gasteiger partial charge is 0.311 e. The fourth-order valence-corrected chi connectivity index (χ4v) is 14.2. The molecule has 11 rings (SSSR count). The van der Waals surface area contributed by atoms with Crippen LogP contribution in [0.4, 0.5) is 34.1 Å². The third-order valence-electron chi connectivity index (χ3n) is 19.0. The average Bonchev–Trinajstić information content (AvgIpc) is 3.55. The summed E-state index contributed by atoms with van der Waals surface area (Å²) in [6, 6.07) is 76.0. The van der Waals surface area contributed by atoms with Crippen LogP contribution in [0, 0.1) is 0 Å². The van der Waals surface area contributed by atoms with Crippen molar-refractivity contribution in [2.24, 2.45) is 0 Å². The molecule has 0 saturated heterocycles. The van der Waals surface area contributed by atoms with Gasteiger partial charge in [0, 0.05) is 39.5 Å². The van der Waals surface area contributed by atoms with Gasteiger partial charge in [0.15, 0.2) is 0 Å². The molecular weight excluding hydrogens is 965 g/mol. The van der Waals surface area contributed by atoms with E-state index in [2.05, 4.69) is 218 Å². The van der Waals surface area contributed by atoms with Crippen LogP contribution in [0.2, 0.25) is 0 Å². The average molecular weight is 1060 g/mol. The number of aryl methyl sites for hydroxylation is 2.